The molecule has 0 atom stereocenters. The molecule has 0 aromatic heterocycles. The van der Waals surface area contributed by atoms with Crippen LogP contribution in [0, 0.1) is 5.41 Å². The Morgan fingerprint density at radius 2 is 1.79 bits per heavy atom. The Hall–Kier alpha value is -1.59. The first-order chi connectivity index (χ1) is 8.61. The number of hydrogen-bond donors (Lipinski definition) is 2. The fraction of sp³-hybridized carbons (Fsp3) is 0.769. The lowest BCUT2D eigenvalue weighted by Gasteiger charge is -2.19. The molecule has 0 aliphatic rings. The van der Waals surface area contributed by atoms with Crippen LogP contribution in [0.25, 0.3) is 0 Å². The maximum atomic E-state index is 11.7. The zero-order valence-electron chi connectivity index (χ0n) is 12.2. The average Bonchev–Trinajstić information content (AvgIpc) is 2.22. The van der Waals surface area contributed by atoms with Crippen molar-refractivity contribution in [1.29, 1.82) is 0 Å². The monoisotopic (exact) mass is 272 g/mol. The van der Waals surface area contributed by atoms with Crippen molar-refractivity contribution in [3.63, 3.8) is 0 Å². The van der Waals surface area contributed by atoms with Gasteiger partial charge in [-0.2, -0.15) is 0 Å². The van der Waals surface area contributed by atoms with Crippen molar-refractivity contribution < 1.29 is 19.5 Å². The minimum absolute atomic E-state index is 0.0357. The molecule has 2 N–H and O–H groups in total. The molecular formula is C13H24N2O4. The highest BCUT2D eigenvalue weighted by Crippen LogP contribution is 2.17. The van der Waals surface area contributed by atoms with E-state index in [0.29, 0.717) is 19.4 Å². The number of carboxylic acids is 1. The summed E-state index contributed by atoms with van der Waals surface area (Å²) in [6.45, 7) is 6.18. The first kappa shape index (κ1) is 17.4. The first-order valence-electron chi connectivity index (χ1n) is 6.34. The lowest BCUT2D eigenvalue weighted by Crippen LogP contribution is -2.39. The standard InChI is InChI=1S/C13H24N2O4/c1-13(2,3)8-10(16)14-9-11(17)15(4)7-5-6-12(18)19/h5-9H2,1-4H3,(H,14,16)(H,18,19). The van der Waals surface area contributed by atoms with Gasteiger partial charge < -0.3 is 15.3 Å². The van der Waals surface area contributed by atoms with Gasteiger partial charge in [-0.05, 0) is 11.8 Å². The fourth-order valence-electron chi connectivity index (χ4n) is 1.45. The summed E-state index contributed by atoms with van der Waals surface area (Å²) in [5, 5.41) is 11.1. The van der Waals surface area contributed by atoms with Crippen LogP contribution in [0.3, 0.4) is 0 Å². The van der Waals surface area contributed by atoms with Crippen LogP contribution in [0.5, 0.6) is 0 Å². The van der Waals surface area contributed by atoms with Crippen LogP contribution < -0.4 is 5.32 Å². The Morgan fingerprint density at radius 3 is 2.26 bits per heavy atom. The van der Waals surface area contributed by atoms with Crippen molar-refractivity contribution >= 4 is 17.8 Å². The number of carbonyl (C=O) groups excluding carboxylic acids is 2. The van der Waals surface area contributed by atoms with Crippen LogP contribution in [0.4, 0.5) is 0 Å². The molecule has 0 aliphatic carbocycles. The molecule has 0 unspecified atom stereocenters. The highest BCUT2D eigenvalue weighted by Gasteiger charge is 2.17. The third-order valence-electron chi connectivity index (χ3n) is 2.44. The van der Waals surface area contributed by atoms with Gasteiger partial charge in [0.15, 0.2) is 0 Å². The number of amides is 2. The van der Waals surface area contributed by atoms with Gasteiger partial charge in [-0.25, -0.2) is 0 Å². The lowest BCUT2D eigenvalue weighted by atomic mass is 9.92. The molecule has 2 amide bonds. The van der Waals surface area contributed by atoms with Crippen molar-refractivity contribution in [2.75, 3.05) is 20.1 Å². The molecular weight excluding hydrogens is 248 g/mol. The van der Waals surface area contributed by atoms with Crippen molar-refractivity contribution in [2.24, 2.45) is 5.41 Å². The molecule has 0 aromatic carbocycles. The zero-order chi connectivity index (χ0) is 15.1. The van der Waals surface area contributed by atoms with E-state index in [9.17, 15) is 14.4 Å². The summed E-state index contributed by atoms with van der Waals surface area (Å²) in [4.78, 5) is 35.0. The molecule has 0 aliphatic heterocycles. The number of aliphatic carboxylic acids is 1. The molecule has 0 fully saturated rings. The molecule has 6 heteroatoms. The second-order valence-corrected chi connectivity index (χ2v) is 5.83. The summed E-state index contributed by atoms with van der Waals surface area (Å²) in [5.41, 5.74) is -0.111. The molecule has 0 radical (unpaired) electrons. The fourth-order valence-corrected chi connectivity index (χ4v) is 1.45. The number of rotatable bonds is 7. The predicted octanol–water partition coefficient (Wildman–Crippen LogP) is 0.862. The van der Waals surface area contributed by atoms with Crippen LogP contribution in [0.15, 0.2) is 0 Å². The molecule has 19 heavy (non-hydrogen) atoms. The van der Waals surface area contributed by atoms with Gasteiger partial charge >= 0.3 is 5.97 Å². The summed E-state index contributed by atoms with van der Waals surface area (Å²) in [7, 11) is 1.60. The van der Waals surface area contributed by atoms with E-state index in [4.69, 9.17) is 5.11 Å². The highest BCUT2D eigenvalue weighted by atomic mass is 16.4. The van der Waals surface area contributed by atoms with Crippen LogP contribution in [0.2, 0.25) is 0 Å². The van der Waals surface area contributed by atoms with Crippen LogP contribution in [0.1, 0.15) is 40.0 Å². The highest BCUT2D eigenvalue weighted by molar-refractivity contribution is 5.84. The van der Waals surface area contributed by atoms with Gasteiger partial charge in [-0.1, -0.05) is 20.8 Å². The van der Waals surface area contributed by atoms with Gasteiger partial charge in [-0.15, -0.1) is 0 Å². The van der Waals surface area contributed by atoms with Crippen molar-refractivity contribution in [2.45, 2.75) is 40.0 Å². The third-order valence-corrected chi connectivity index (χ3v) is 2.44. The second kappa shape index (κ2) is 7.76. The van der Waals surface area contributed by atoms with E-state index in [1.165, 1.54) is 4.90 Å². The van der Waals surface area contributed by atoms with Gasteiger partial charge in [0.25, 0.3) is 0 Å². The van der Waals surface area contributed by atoms with Crippen LogP contribution >= 0.6 is 0 Å². The molecule has 6 nitrogen and oxygen atoms in total. The number of hydrogen-bond acceptors (Lipinski definition) is 3. The Bertz CT molecular complexity index is 334. The lowest BCUT2D eigenvalue weighted by molar-refractivity contribution is -0.138. The minimum Gasteiger partial charge on any atom is -0.481 e. The van der Waals surface area contributed by atoms with Crippen molar-refractivity contribution in [1.82, 2.24) is 10.2 Å². The van der Waals surface area contributed by atoms with Crippen LogP contribution in [-0.4, -0.2) is 47.9 Å². The van der Waals surface area contributed by atoms with Crippen molar-refractivity contribution in [3.05, 3.63) is 0 Å². The molecule has 0 saturated carbocycles. The summed E-state index contributed by atoms with van der Waals surface area (Å²) < 4.78 is 0. The molecule has 0 bridgehead atoms. The maximum Gasteiger partial charge on any atom is 0.303 e. The van der Waals surface area contributed by atoms with Gasteiger partial charge in [0.05, 0.1) is 6.54 Å². The molecule has 0 spiro atoms. The Morgan fingerprint density at radius 1 is 1.21 bits per heavy atom. The molecule has 0 rings (SSSR count). The van der Waals surface area contributed by atoms with Crippen molar-refractivity contribution in [3.8, 4) is 0 Å². The SMILES string of the molecule is CN(CCCC(=O)O)C(=O)CNC(=O)CC(C)(C)C. The Labute approximate surface area is 114 Å². The minimum atomic E-state index is -0.876. The quantitative estimate of drug-likeness (QED) is 0.719. The number of nitrogens with zero attached hydrogens (tertiary/aromatic N) is 1. The first-order valence-corrected chi connectivity index (χ1v) is 6.34. The largest absolute Gasteiger partial charge is 0.481 e. The predicted molar refractivity (Wildman–Crippen MR) is 71.6 cm³/mol. The normalized spacial score (nSPS) is 10.9. The van der Waals surface area contributed by atoms with Gasteiger partial charge in [0.2, 0.25) is 11.8 Å². The molecule has 0 aromatic rings. The van der Waals surface area contributed by atoms with Crippen LogP contribution in [-0.2, 0) is 14.4 Å². The van der Waals surface area contributed by atoms with E-state index in [-0.39, 0.29) is 30.2 Å². The summed E-state index contributed by atoms with van der Waals surface area (Å²) >= 11 is 0. The van der Waals surface area contributed by atoms with E-state index in [2.05, 4.69) is 5.32 Å². The molecule has 0 heterocycles. The second-order valence-electron chi connectivity index (χ2n) is 5.83. The summed E-state index contributed by atoms with van der Waals surface area (Å²) in [5.74, 6) is -1.24. The average molecular weight is 272 g/mol. The Kier molecular flexibility index (Phi) is 7.11. The molecule has 110 valence electrons. The van der Waals surface area contributed by atoms with E-state index < -0.39 is 5.97 Å². The maximum absolute atomic E-state index is 11.7. The Balaban J connectivity index is 3.90. The zero-order valence-corrected chi connectivity index (χ0v) is 12.2. The number of carbonyl (C=O) groups is 3. The topological polar surface area (TPSA) is 86.7 Å². The summed E-state index contributed by atoms with van der Waals surface area (Å²) in [6, 6.07) is 0. The summed E-state index contributed by atoms with van der Waals surface area (Å²) in [6.07, 6.45) is 0.810. The van der Waals surface area contributed by atoms with Gasteiger partial charge in [-0.3, -0.25) is 14.4 Å². The van der Waals surface area contributed by atoms with E-state index in [0.717, 1.165) is 0 Å². The van der Waals surface area contributed by atoms with Gasteiger partial charge in [0, 0.05) is 26.4 Å². The van der Waals surface area contributed by atoms with E-state index >= 15 is 0 Å². The smallest absolute Gasteiger partial charge is 0.303 e. The third kappa shape index (κ3) is 10.1. The number of carboxylic acid groups (broad SMARTS) is 1. The van der Waals surface area contributed by atoms with Gasteiger partial charge in [0.1, 0.15) is 0 Å². The molecule has 0 saturated heterocycles. The number of likely N-dealkylation sites (N-methyl/N-ethyl adjacent to an activating group) is 1. The van der Waals surface area contributed by atoms with E-state index in [1.54, 1.807) is 7.05 Å². The van der Waals surface area contributed by atoms with E-state index in [1.807, 2.05) is 20.8 Å². The number of nitrogens with one attached hydrogen (secondary N) is 1.